The van der Waals surface area contributed by atoms with Gasteiger partial charge >= 0.3 is 0 Å². The van der Waals surface area contributed by atoms with Crippen molar-refractivity contribution in [2.45, 2.75) is 72.1 Å². The monoisotopic (exact) mass is 275 g/mol. The molecule has 3 nitrogen and oxygen atoms in total. The van der Waals surface area contributed by atoms with E-state index in [4.69, 9.17) is 9.97 Å². The van der Waals surface area contributed by atoms with Crippen molar-refractivity contribution >= 4 is 5.82 Å². The van der Waals surface area contributed by atoms with E-state index in [1.54, 1.807) is 0 Å². The molecule has 3 heteroatoms. The summed E-state index contributed by atoms with van der Waals surface area (Å²) < 4.78 is 0. The van der Waals surface area contributed by atoms with Crippen molar-refractivity contribution in [3.05, 3.63) is 17.1 Å². The Balaban J connectivity index is 2.20. The normalized spacial score (nSPS) is 22.8. The maximum absolute atomic E-state index is 4.84. The zero-order valence-electron chi connectivity index (χ0n) is 13.5. The molecule has 1 aromatic heterocycles. The first-order valence-electron chi connectivity index (χ1n) is 8.24. The minimum atomic E-state index is 0.565. The molecule has 0 saturated heterocycles. The van der Waals surface area contributed by atoms with E-state index in [2.05, 4.69) is 33.0 Å². The predicted molar refractivity (Wildman–Crippen MR) is 85.3 cm³/mol. The standard InChI is InChI=1S/C17H29N3/c1-5-10-18-16-12(3)13(4)19-17(20-16)15-9-7-8-14(6-2)11-15/h14-15H,5-11H2,1-4H3,(H,18,19,20). The number of aryl methyl sites for hydroxylation is 1. The van der Waals surface area contributed by atoms with Crippen LogP contribution in [0.3, 0.4) is 0 Å². The zero-order chi connectivity index (χ0) is 14.5. The lowest BCUT2D eigenvalue weighted by Gasteiger charge is -2.28. The molecule has 0 amide bonds. The lowest BCUT2D eigenvalue weighted by Crippen LogP contribution is -2.18. The van der Waals surface area contributed by atoms with Gasteiger partial charge in [-0.25, -0.2) is 9.97 Å². The summed E-state index contributed by atoms with van der Waals surface area (Å²) in [6.07, 6.45) is 7.66. The average Bonchev–Trinajstić information content (AvgIpc) is 2.48. The number of nitrogens with one attached hydrogen (secondary N) is 1. The molecule has 2 rings (SSSR count). The highest BCUT2D eigenvalue weighted by Gasteiger charge is 2.25. The Hall–Kier alpha value is -1.12. The Morgan fingerprint density at radius 2 is 1.95 bits per heavy atom. The molecular formula is C17H29N3. The molecule has 1 aliphatic carbocycles. The number of nitrogens with zero attached hydrogens (tertiary/aromatic N) is 2. The van der Waals surface area contributed by atoms with Crippen LogP contribution < -0.4 is 5.32 Å². The predicted octanol–water partition coefficient (Wildman–Crippen LogP) is 4.60. The van der Waals surface area contributed by atoms with E-state index >= 15 is 0 Å². The molecule has 1 fully saturated rings. The van der Waals surface area contributed by atoms with Gasteiger partial charge in [0.05, 0.1) is 0 Å². The molecule has 1 saturated carbocycles. The molecule has 2 unspecified atom stereocenters. The van der Waals surface area contributed by atoms with Gasteiger partial charge in [-0.2, -0.15) is 0 Å². The summed E-state index contributed by atoms with van der Waals surface area (Å²) in [6, 6.07) is 0. The summed E-state index contributed by atoms with van der Waals surface area (Å²) in [5, 5.41) is 3.46. The largest absolute Gasteiger partial charge is 0.370 e. The van der Waals surface area contributed by atoms with Crippen molar-refractivity contribution in [1.29, 1.82) is 0 Å². The number of hydrogen-bond donors (Lipinski definition) is 1. The third kappa shape index (κ3) is 3.50. The first kappa shape index (κ1) is 15.3. The Labute approximate surface area is 123 Å². The highest BCUT2D eigenvalue weighted by atomic mass is 15.0. The number of anilines is 1. The third-order valence-electron chi connectivity index (χ3n) is 4.67. The molecule has 2 atom stereocenters. The van der Waals surface area contributed by atoms with Crippen molar-refractivity contribution in [1.82, 2.24) is 9.97 Å². The fourth-order valence-electron chi connectivity index (χ4n) is 3.14. The molecule has 0 aromatic carbocycles. The van der Waals surface area contributed by atoms with Crippen molar-refractivity contribution < 1.29 is 0 Å². The zero-order valence-corrected chi connectivity index (χ0v) is 13.5. The quantitative estimate of drug-likeness (QED) is 0.853. The fourth-order valence-corrected chi connectivity index (χ4v) is 3.14. The lowest BCUT2D eigenvalue weighted by atomic mass is 9.80. The maximum Gasteiger partial charge on any atom is 0.134 e. The molecule has 112 valence electrons. The first-order valence-corrected chi connectivity index (χ1v) is 8.24. The van der Waals surface area contributed by atoms with Crippen molar-refractivity contribution in [3.8, 4) is 0 Å². The van der Waals surface area contributed by atoms with Crippen LogP contribution in [0.2, 0.25) is 0 Å². The van der Waals surface area contributed by atoms with Gasteiger partial charge < -0.3 is 5.32 Å². The third-order valence-corrected chi connectivity index (χ3v) is 4.67. The van der Waals surface area contributed by atoms with Gasteiger partial charge in [-0.1, -0.05) is 33.1 Å². The van der Waals surface area contributed by atoms with Gasteiger partial charge in [0.2, 0.25) is 0 Å². The highest BCUT2D eigenvalue weighted by Crippen LogP contribution is 2.36. The van der Waals surface area contributed by atoms with Gasteiger partial charge in [0.25, 0.3) is 0 Å². The second-order valence-electron chi connectivity index (χ2n) is 6.21. The summed E-state index contributed by atoms with van der Waals surface area (Å²) in [5.41, 5.74) is 2.33. The second kappa shape index (κ2) is 7.05. The number of rotatable bonds is 5. The van der Waals surface area contributed by atoms with Gasteiger partial charge in [-0.3, -0.25) is 0 Å². The fraction of sp³-hybridized carbons (Fsp3) is 0.765. The molecule has 1 aromatic rings. The van der Waals surface area contributed by atoms with Gasteiger partial charge in [-0.05, 0) is 39.0 Å². The first-order chi connectivity index (χ1) is 9.65. The van der Waals surface area contributed by atoms with E-state index in [0.29, 0.717) is 5.92 Å². The summed E-state index contributed by atoms with van der Waals surface area (Å²) in [4.78, 5) is 9.62. The number of hydrogen-bond acceptors (Lipinski definition) is 3. The maximum atomic E-state index is 4.84. The Kier molecular flexibility index (Phi) is 5.38. The topological polar surface area (TPSA) is 37.8 Å². The SMILES string of the molecule is CCCNc1nc(C2CCCC(CC)C2)nc(C)c1C. The van der Waals surface area contributed by atoms with E-state index in [1.807, 2.05) is 0 Å². The molecule has 20 heavy (non-hydrogen) atoms. The van der Waals surface area contributed by atoms with E-state index in [9.17, 15) is 0 Å². The lowest BCUT2D eigenvalue weighted by molar-refractivity contribution is 0.307. The summed E-state index contributed by atoms with van der Waals surface area (Å²) in [5.74, 6) is 3.55. The van der Waals surface area contributed by atoms with Crippen molar-refractivity contribution in [3.63, 3.8) is 0 Å². The van der Waals surface area contributed by atoms with E-state index < -0.39 is 0 Å². The van der Waals surface area contributed by atoms with E-state index in [-0.39, 0.29) is 0 Å². The van der Waals surface area contributed by atoms with Gasteiger partial charge in [0.15, 0.2) is 0 Å². The molecule has 0 spiro atoms. The molecule has 0 bridgehead atoms. The highest BCUT2D eigenvalue weighted by molar-refractivity contribution is 5.45. The van der Waals surface area contributed by atoms with E-state index in [0.717, 1.165) is 36.2 Å². The number of aromatic nitrogens is 2. The molecule has 0 radical (unpaired) electrons. The summed E-state index contributed by atoms with van der Waals surface area (Å²) in [6.45, 7) is 9.70. The summed E-state index contributed by atoms with van der Waals surface area (Å²) >= 11 is 0. The van der Waals surface area contributed by atoms with Gasteiger partial charge in [-0.15, -0.1) is 0 Å². The van der Waals surface area contributed by atoms with Crippen LogP contribution in [0.4, 0.5) is 5.82 Å². The van der Waals surface area contributed by atoms with Crippen molar-refractivity contribution in [2.75, 3.05) is 11.9 Å². The Morgan fingerprint density at radius 3 is 2.65 bits per heavy atom. The Morgan fingerprint density at radius 1 is 1.15 bits per heavy atom. The molecule has 1 N–H and O–H groups in total. The Bertz CT molecular complexity index is 442. The van der Waals surface area contributed by atoms with Crippen molar-refractivity contribution in [2.24, 2.45) is 5.92 Å². The van der Waals surface area contributed by atoms with Crippen LogP contribution in [0, 0.1) is 19.8 Å². The summed E-state index contributed by atoms with van der Waals surface area (Å²) in [7, 11) is 0. The van der Waals surface area contributed by atoms with Gasteiger partial charge in [0, 0.05) is 23.7 Å². The van der Waals surface area contributed by atoms with Crippen LogP contribution in [0.1, 0.15) is 75.4 Å². The van der Waals surface area contributed by atoms with Gasteiger partial charge in [0.1, 0.15) is 11.6 Å². The molecule has 1 heterocycles. The molecule has 1 aliphatic rings. The van der Waals surface area contributed by atoms with Crippen LogP contribution >= 0.6 is 0 Å². The van der Waals surface area contributed by atoms with Crippen LogP contribution in [-0.4, -0.2) is 16.5 Å². The molecular weight excluding hydrogens is 246 g/mol. The second-order valence-corrected chi connectivity index (χ2v) is 6.21. The smallest absolute Gasteiger partial charge is 0.134 e. The van der Waals surface area contributed by atoms with Crippen LogP contribution in [0.15, 0.2) is 0 Å². The van der Waals surface area contributed by atoms with Crippen LogP contribution in [-0.2, 0) is 0 Å². The van der Waals surface area contributed by atoms with Crippen LogP contribution in [0.5, 0.6) is 0 Å². The minimum Gasteiger partial charge on any atom is -0.370 e. The van der Waals surface area contributed by atoms with Crippen LogP contribution in [0.25, 0.3) is 0 Å². The minimum absolute atomic E-state index is 0.565. The average molecular weight is 275 g/mol. The van der Waals surface area contributed by atoms with E-state index in [1.165, 1.54) is 37.7 Å². The molecule has 0 aliphatic heterocycles.